The smallest absolute Gasteiger partial charge is 0.282 e. The van der Waals surface area contributed by atoms with Gasteiger partial charge in [-0.3, -0.25) is 9.59 Å². The number of fused-ring (bicyclic) bond motifs is 2. The molecule has 6 rings (SSSR count). The molecule has 12 heteroatoms. The lowest BCUT2D eigenvalue weighted by Crippen LogP contribution is -2.20. The van der Waals surface area contributed by atoms with E-state index in [1.54, 1.807) is 54.6 Å². The van der Waals surface area contributed by atoms with Gasteiger partial charge in [-0.25, -0.2) is 9.37 Å². The molecular weight excluding hydrogens is 618 g/mol. The maximum absolute atomic E-state index is 13.5. The first-order valence-corrected chi connectivity index (χ1v) is 13.8. The van der Waals surface area contributed by atoms with E-state index in [0.29, 0.717) is 32.8 Å². The second kappa shape index (κ2) is 11.9. The Balaban J connectivity index is 1.30. The van der Waals surface area contributed by atoms with Gasteiger partial charge in [-0.1, -0.05) is 53.0 Å². The van der Waals surface area contributed by atoms with E-state index in [0.717, 1.165) is 10.1 Å². The van der Waals surface area contributed by atoms with E-state index >= 15 is 0 Å². The molecule has 0 unspecified atom stereocenters. The number of nitrogens with one attached hydrogen (secondary N) is 1. The van der Waals surface area contributed by atoms with Gasteiger partial charge in [-0.05, 0) is 72.3 Å². The maximum atomic E-state index is 13.5. The van der Waals surface area contributed by atoms with Crippen LogP contribution < -0.4 is 15.6 Å². The van der Waals surface area contributed by atoms with Crippen LogP contribution in [0.5, 0.6) is 5.75 Å². The number of furan rings is 1. The lowest BCUT2D eigenvalue weighted by atomic mass is 10.2. The molecule has 0 spiro atoms. The minimum Gasteiger partial charge on any atom is -0.481 e. The fourth-order valence-corrected chi connectivity index (χ4v) is 5.13. The maximum Gasteiger partial charge on any atom is 0.282 e. The number of anilines is 1. The van der Waals surface area contributed by atoms with Crippen LogP contribution in [0.4, 0.5) is 10.1 Å². The van der Waals surface area contributed by atoms with Gasteiger partial charge in [-0.2, -0.15) is 9.78 Å². The zero-order valence-electron chi connectivity index (χ0n) is 21.9. The van der Waals surface area contributed by atoms with Gasteiger partial charge in [0.05, 0.1) is 27.2 Å². The fraction of sp³-hybridized carbons (Fsp3) is 0.0323. The van der Waals surface area contributed by atoms with Crippen molar-refractivity contribution in [1.29, 1.82) is 0 Å². The second-order valence-electron chi connectivity index (χ2n) is 9.27. The molecule has 4 aromatic carbocycles. The van der Waals surface area contributed by atoms with Crippen molar-refractivity contribution in [3.05, 3.63) is 122 Å². The van der Waals surface area contributed by atoms with Crippen molar-refractivity contribution >= 4 is 74.5 Å². The molecule has 0 bridgehead atoms. The van der Waals surface area contributed by atoms with Crippen LogP contribution in [-0.2, 0) is 4.79 Å². The Hall–Kier alpha value is -4.70. The van der Waals surface area contributed by atoms with Crippen LogP contribution in [-0.4, -0.2) is 28.4 Å². The SMILES string of the molecule is O=C(COc1c(Cl)cc(C=Nn2c(-c3cc4cc(Cl)ccc4o3)nc3ccccc3c2=O)cc1Cl)Nc1cccc(F)c1. The van der Waals surface area contributed by atoms with Crippen molar-refractivity contribution in [3.8, 4) is 17.3 Å². The van der Waals surface area contributed by atoms with E-state index in [1.165, 1.54) is 36.5 Å². The van der Waals surface area contributed by atoms with Gasteiger partial charge in [0.1, 0.15) is 11.4 Å². The molecule has 0 aliphatic carbocycles. The molecule has 0 aliphatic heterocycles. The average Bonchev–Trinajstić information content (AvgIpc) is 3.39. The molecule has 0 saturated carbocycles. The highest BCUT2D eigenvalue weighted by atomic mass is 35.5. The molecule has 0 atom stereocenters. The predicted molar refractivity (Wildman–Crippen MR) is 166 cm³/mol. The van der Waals surface area contributed by atoms with Crippen molar-refractivity contribution in [2.24, 2.45) is 5.10 Å². The van der Waals surface area contributed by atoms with Gasteiger partial charge in [0.25, 0.3) is 11.5 Å². The summed E-state index contributed by atoms with van der Waals surface area (Å²) in [6, 6.07) is 22.3. The van der Waals surface area contributed by atoms with Crippen LogP contribution in [0, 0.1) is 5.82 Å². The van der Waals surface area contributed by atoms with Gasteiger partial charge in [0.15, 0.2) is 18.1 Å². The molecular formula is C31H18Cl3FN4O4. The number of aromatic nitrogens is 2. The van der Waals surface area contributed by atoms with Crippen molar-refractivity contribution in [3.63, 3.8) is 0 Å². The molecule has 8 nitrogen and oxygen atoms in total. The molecule has 0 aliphatic rings. The third kappa shape index (κ3) is 6.10. The summed E-state index contributed by atoms with van der Waals surface area (Å²) in [5.41, 5.74) is 1.34. The van der Waals surface area contributed by atoms with Crippen LogP contribution in [0.3, 0.4) is 0 Å². The number of halogens is 4. The van der Waals surface area contributed by atoms with E-state index in [2.05, 4.69) is 15.4 Å². The third-order valence-corrected chi connectivity index (χ3v) is 7.05. The second-order valence-corrected chi connectivity index (χ2v) is 10.5. The first-order valence-electron chi connectivity index (χ1n) is 12.7. The number of rotatable bonds is 7. The first kappa shape index (κ1) is 28.4. The quantitative estimate of drug-likeness (QED) is 0.181. The summed E-state index contributed by atoms with van der Waals surface area (Å²) in [6.45, 7) is -0.423. The topological polar surface area (TPSA) is 98.7 Å². The molecule has 6 aromatic rings. The van der Waals surface area contributed by atoms with Crippen LogP contribution in [0.25, 0.3) is 33.5 Å². The summed E-state index contributed by atoms with van der Waals surface area (Å²) < 4.78 is 26.0. The summed E-state index contributed by atoms with van der Waals surface area (Å²) in [6.07, 6.45) is 1.39. The summed E-state index contributed by atoms with van der Waals surface area (Å²) >= 11 is 19.0. The van der Waals surface area contributed by atoms with Gasteiger partial charge >= 0.3 is 0 Å². The first-order chi connectivity index (χ1) is 20.7. The van der Waals surface area contributed by atoms with Crippen LogP contribution in [0.2, 0.25) is 15.1 Å². The van der Waals surface area contributed by atoms with Gasteiger partial charge in [0, 0.05) is 16.1 Å². The number of para-hydroxylation sites is 1. The minimum absolute atomic E-state index is 0.0704. The molecule has 1 N–H and O–H groups in total. The Morgan fingerprint density at radius 3 is 2.58 bits per heavy atom. The Bertz CT molecular complexity index is 2100. The highest BCUT2D eigenvalue weighted by Crippen LogP contribution is 2.34. The summed E-state index contributed by atoms with van der Waals surface area (Å²) in [7, 11) is 0. The van der Waals surface area contributed by atoms with E-state index in [4.69, 9.17) is 44.0 Å². The van der Waals surface area contributed by atoms with Crippen molar-refractivity contribution in [2.45, 2.75) is 0 Å². The van der Waals surface area contributed by atoms with E-state index in [9.17, 15) is 14.0 Å². The third-order valence-electron chi connectivity index (χ3n) is 6.25. The zero-order chi connectivity index (χ0) is 30.1. The number of hydrogen-bond donors (Lipinski definition) is 1. The number of hydrogen-bond acceptors (Lipinski definition) is 6. The highest BCUT2D eigenvalue weighted by molar-refractivity contribution is 6.37. The molecule has 0 fully saturated rings. The number of benzene rings is 4. The van der Waals surface area contributed by atoms with Gasteiger partial charge in [0.2, 0.25) is 5.82 Å². The van der Waals surface area contributed by atoms with Crippen LogP contribution in [0.1, 0.15) is 5.56 Å². The van der Waals surface area contributed by atoms with Crippen molar-refractivity contribution < 1.29 is 18.3 Å². The van der Waals surface area contributed by atoms with E-state index in [1.807, 2.05) is 0 Å². The number of ether oxygens (including phenoxy) is 1. The lowest BCUT2D eigenvalue weighted by molar-refractivity contribution is -0.118. The fourth-order valence-electron chi connectivity index (χ4n) is 4.33. The van der Waals surface area contributed by atoms with Crippen molar-refractivity contribution in [1.82, 2.24) is 9.66 Å². The molecule has 214 valence electrons. The Kier molecular flexibility index (Phi) is 7.86. The number of amides is 1. The molecule has 2 heterocycles. The summed E-state index contributed by atoms with van der Waals surface area (Å²) in [5.74, 6) is -0.464. The molecule has 2 aromatic heterocycles. The molecule has 1 amide bonds. The monoisotopic (exact) mass is 634 g/mol. The standard InChI is InChI=1S/C31H18Cl3FN4O4/c32-19-8-9-26-18(12-19)13-27(43-26)30-38-25-7-2-1-6-22(25)31(41)39(30)36-15-17-10-23(33)29(24(34)11-17)42-16-28(40)37-21-5-3-4-20(35)14-21/h1-15H,16H2,(H,37,40). The van der Waals surface area contributed by atoms with Gasteiger partial charge in [-0.15, -0.1) is 0 Å². The highest BCUT2D eigenvalue weighted by Gasteiger charge is 2.17. The largest absolute Gasteiger partial charge is 0.481 e. The number of carbonyl (C=O) groups excluding carboxylic acids is 1. The molecule has 0 radical (unpaired) electrons. The zero-order valence-corrected chi connectivity index (χ0v) is 24.1. The number of nitrogens with zero attached hydrogens (tertiary/aromatic N) is 3. The van der Waals surface area contributed by atoms with Gasteiger partial charge < -0.3 is 14.5 Å². The minimum atomic E-state index is -0.535. The average molecular weight is 636 g/mol. The normalized spacial score (nSPS) is 11.4. The number of carbonyl (C=O) groups is 1. The summed E-state index contributed by atoms with van der Waals surface area (Å²) in [4.78, 5) is 30.4. The van der Waals surface area contributed by atoms with E-state index < -0.39 is 23.9 Å². The Labute approximate surface area is 257 Å². The predicted octanol–water partition coefficient (Wildman–Crippen LogP) is 7.81. The van der Waals surface area contributed by atoms with Crippen molar-refractivity contribution in [2.75, 3.05) is 11.9 Å². The lowest BCUT2D eigenvalue weighted by Gasteiger charge is -2.11. The Morgan fingerprint density at radius 1 is 1.00 bits per heavy atom. The molecule has 43 heavy (non-hydrogen) atoms. The molecule has 0 saturated heterocycles. The van der Waals surface area contributed by atoms with E-state index in [-0.39, 0.29) is 27.3 Å². The summed E-state index contributed by atoms with van der Waals surface area (Å²) in [5, 5.41) is 8.77. The Morgan fingerprint density at radius 2 is 1.79 bits per heavy atom. The van der Waals surface area contributed by atoms with Crippen LogP contribution >= 0.6 is 34.8 Å². The van der Waals surface area contributed by atoms with Crippen LogP contribution in [0.15, 0.2) is 99.2 Å².